The smallest absolute Gasteiger partial charge is 0.264 e. The molecule has 0 spiro atoms. The molecule has 0 atom stereocenters. The molecule has 188 valence electrons. The summed E-state index contributed by atoms with van der Waals surface area (Å²) in [4.78, 5) is 33.1. The third kappa shape index (κ3) is 5.63. The SMILES string of the molecule is O=C(CNCCOc1ccc(F)cc1)N1CCc2nc(SC3CCC3)n(-c3ccccc3)c(=O)c2C1. The van der Waals surface area contributed by atoms with E-state index in [1.54, 1.807) is 33.4 Å². The molecule has 9 heteroatoms. The van der Waals surface area contributed by atoms with Crippen molar-refractivity contribution in [3.8, 4) is 11.4 Å². The number of nitrogens with one attached hydrogen (secondary N) is 1. The van der Waals surface area contributed by atoms with Crippen molar-refractivity contribution in [2.45, 2.75) is 42.6 Å². The zero-order valence-electron chi connectivity index (χ0n) is 20.0. The Morgan fingerprint density at radius 2 is 1.92 bits per heavy atom. The summed E-state index contributed by atoms with van der Waals surface area (Å²) in [6.45, 7) is 1.77. The lowest BCUT2D eigenvalue weighted by Crippen LogP contribution is -2.44. The van der Waals surface area contributed by atoms with Crippen LogP contribution in [0.5, 0.6) is 5.75 Å². The van der Waals surface area contributed by atoms with E-state index < -0.39 is 0 Å². The van der Waals surface area contributed by atoms with Crippen LogP contribution in [0.4, 0.5) is 4.39 Å². The largest absolute Gasteiger partial charge is 0.492 e. The molecular weight excluding hydrogens is 479 g/mol. The number of fused-ring (bicyclic) bond motifs is 1. The van der Waals surface area contributed by atoms with Gasteiger partial charge >= 0.3 is 0 Å². The van der Waals surface area contributed by atoms with Gasteiger partial charge in [-0.2, -0.15) is 0 Å². The first-order valence-electron chi connectivity index (χ1n) is 12.3. The van der Waals surface area contributed by atoms with E-state index in [0.29, 0.717) is 42.7 Å². The average molecular weight is 509 g/mol. The first kappa shape index (κ1) is 24.5. The second-order valence-electron chi connectivity index (χ2n) is 9.01. The lowest BCUT2D eigenvalue weighted by molar-refractivity contribution is -0.131. The van der Waals surface area contributed by atoms with E-state index in [4.69, 9.17) is 9.72 Å². The zero-order chi connectivity index (χ0) is 24.9. The number of halogens is 1. The van der Waals surface area contributed by atoms with Crippen LogP contribution >= 0.6 is 11.8 Å². The summed E-state index contributed by atoms with van der Waals surface area (Å²) in [5.74, 6) is 0.198. The molecule has 7 nitrogen and oxygen atoms in total. The summed E-state index contributed by atoms with van der Waals surface area (Å²) < 4.78 is 20.2. The fourth-order valence-electron chi connectivity index (χ4n) is 4.27. The minimum Gasteiger partial charge on any atom is -0.492 e. The predicted octanol–water partition coefficient (Wildman–Crippen LogP) is 3.57. The molecule has 1 saturated carbocycles. The van der Waals surface area contributed by atoms with Crippen molar-refractivity contribution in [1.29, 1.82) is 0 Å². The number of benzene rings is 2. The Hall–Kier alpha value is -3.17. The summed E-state index contributed by atoms with van der Waals surface area (Å²) in [7, 11) is 0. The minimum atomic E-state index is -0.312. The first-order valence-corrected chi connectivity index (χ1v) is 13.2. The number of para-hydroxylation sites is 1. The Labute approximate surface area is 213 Å². The van der Waals surface area contributed by atoms with Crippen LogP contribution in [0.3, 0.4) is 0 Å². The van der Waals surface area contributed by atoms with E-state index in [1.165, 1.54) is 18.6 Å². The van der Waals surface area contributed by atoms with Crippen molar-refractivity contribution < 1.29 is 13.9 Å². The number of rotatable bonds is 9. The fraction of sp³-hybridized carbons (Fsp3) is 0.370. The standard InChI is InChI=1S/C27H29FN4O3S/c28-19-9-11-21(12-10-19)35-16-14-29-17-25(33)31-15-13-24-23(18-31)26(34)32(20-5-2-1-3-6-20)27(30-24)36-22-7-4-8-22/h1-3,5-6,9-12,22,29H,4,7-8,13-18H2. The molecule has 3 aromatic rings. The van der Waals surface area contributed by atoms with Crippen molar-refractivity contribution in [3.63, 3.8) is 0 Å². The average Bonchev–Trinajstić information content (AvgIpc) is 2.87. The highest BCUT2D eigenvalue weighted by molar-refractivity contribution is 7.99. The summed E-state index contributed by atoms with van der Waals surface area (Å²) in [6, 6.07) is 15.4. The molecule has 1 fully saturated rings. The molecule has 0 bridgehead atoms. The van der Waals surface area contributed by atoms with Gasteiger partial charge in [0.2, 0.25) is 5.91 Å². The molecule has 1 aliphatic heterocycles. The Morgan fingerprint density at radius 3 is 2.64 bits per heavy atom. The van der Waals surface area contributed by atoms with Crippen molar-refractivity contribution in [1.82, 2.24) is 19.8 Å². The zero-order valence-corrected chi connectivity index (χ0v) is 20.8. The molecule has 1 aromatic heterocycles. The van der Waals surface area contributed by atoms with Gasteiger partial charge < -0.3 is 15.0 Å². The highest BCUT2D eigenvalue weighted by Gasteiger charge is 2.28. The Morgan fingerprint density at radius 1 is 1.14 bits per heavy atom. The highest BCUT2D eigenvalue weighted by Crippen LogP contribution is 2.36. The van der Waals surface area contributed by atoms with Gasteiger partial charge in [-0.1, -0.05) is 36.4 Å². The van der Waals surface area contributed by atoms with E-state index in [1.807, 2.05) is 30.3 Å². The lowest BCUT2D eigenvalue weighted by atomic mass is 10.0. The van der Waals surface area contributed by atoms with E-state index in [9.17, 15) is 14.0 Å². The summed E-state index contributed by atoms with van der Waals surface area (Å²) in [6.07, 6.45) is 4.09. The first-order chi connectivity index (χ1) is 17.6. The van der Waals surface area contributed by atoms with Crippen molar-refractivity contribution in [2.24, 2.45) is 0 Å². The Balaban J connectivity index is 1.23. The number of thioether (sulfide) groups is 1. The van der Waals surface area contributed by atoms with E-state index >= 15 is 0 Å². The second kappa shape index (κ2) is 11.3. The van der Waals surface area contributed by atoms with Crippen LogP contribution < -0.4 is 15.6 Å². The number of amides is 1. The number of aromatic nitrogens is 2. The van der Waals surface area contributed by atoms with Crippen LogP contribution in [0.25, 0.3) is 5.69 Å². The van der Waals surface area contributed by atoms with Crippen LogP contribution in [-0.4, -0.2) is 51.8 Å². The van der Waals surface area contributed by atoms with Crippen LogP contribution in [0.2, 0.25) is 0 Å². The Bertz CT molecular complexity index is 1260. The number of carbonyl (C=O) groups is 1. The van der Waals surface area contributed by atoms with Crippen LogP contribution in [-0.2, 0) is 17.8 Å². The maximum Gasteiger partial charge on any atom is 0.264 e. The number of hydrogen-bond donors (Lipinski definition) is 1. The van der Waals surface area contributed by atoms with Crippen LogP contribution in [0.15, 0.2) is 64.5 Å². The number of nitrogens with zero attached hydrogens (tertiary/aromatic N) is 3. The van der Waals surface area contributed by atoms with Gasteiger partial charge in [-0.25, -0.2) is 9.37 Å². The van der Waals surface area contributed by atoms with Crippen molar-refractivity contribution in [3.05, 3.63) is 82.0 Å². The molecule has 2 aliphatic rings. The Kier molecular flexibility index (Phi) is 7.67. The van der Waals surface area contributed by atoms with Gasteiger partial charge in [0, 0.05) is 24.8 Å². The van der Waals surface area contributed by atoms with E-state index in [-0.39, 0.29) is 30.4 Å². The van der Waals surface area contributed by atoms with Gasteiger partial charge in [-0.3, -0.25) is 14.2 Å². The monoisotopic (exact) mass is 508 g/mol. The molecule has 0 radical (unpaired) electrons. The molecular formula is C27H29FN4O3S. The molecule has 36 heavy (non-hydrogen) atoms. The van der Waals surface area contributed by atoms with Gasteiger partial charge in [-0.15, -0.1) is 0 Å². The second-order valence-corrected chi connectivity index (χ2v) is 10.3. The predicted molar refractivity (Wildman–Crippen MR) is 137 cm³/mol. The number of ether oxygens (including phenoxy) is 1. The normalized spacial score (nSPS) is 15.3. The number of carbonyl (C=O) groups excluding carboxylic acids is 1. The lowest BCUT2D eigenvalue weighted by Gasteiger charge is -2.30. The van der Waals surface area contributed by atoms with Crippen molar-refractivity contribution in [2.75, 3.05) is 26.2 Å². The summed E-state index contributed by atoms with van der Waals surface area (Å²) in [5, 5.41) is 4.34. The van der Waals surface area contributed by atoms with Gasteiger partial charge in [0.05, 0.1) is 30.0 Å². The quantitative estimate of drug-likeness (QED) is 0.352. The fourth-order valence-corrected chi connectivity index (χ4v) is 5.59. The van der Waals surface area contributed by atoms with E-state index in [2.05, 4.69) is 5.32 Å². The summed E-state index contributed by atoms with van der Waals surface area (Å²) >= 11 is 1.69. The molecule has 0 unspecified atom stereocenters. The third-order valence-electron chi connectivity index (χ3n) is 6.53. The van der Waals surface area contributed by atoms with Gasteiger partial charge in [0.15, 0.2) is 5.16 Å². The van der Waals surface area contributed by atoms with Gasteiger partial charge in [0.1, 0.15) is 18.2 Å². The topological polar surface area (TPSA) is 76.5 Å². The number of hydrogen-bond acceptors (Lipinski definition) is 6. The molecule has 1 N–H and O–H groups in total. The molecule has 1 amide bonds. The van der Waals surface area contributed by atoms with Gasteiger partial charge in [-0.05, 0) is 49.2 Å². The van der Waals surface area contributed by atoms with Crippen molar-refractivity contribution >= 4 is 17.7 Å². The molecule has 2 aromatic carbocycles. The van der Waals surface area contributed by atoms with Gasteiger partial charge in [0.25, 0.3) is 5.56 Å². The van der Waals surface area contributed by atoms with Crippen LogP contribution in [0, 0.1) is 5.82 Å². The maximum absolute atomic E-state index is 13.7. The maximum atomic E-state index is 13.7. The third-order valence-corrected chi connectivity index (χ3v) is 7.82. The highest BCUT2D eigenvalue weighted by atomic mass is 32.2. The molecule has 0 saturated heterocycles. The van der Waals surface area contributed by atoms with Crippen LogP contribution in [0.1, 0.15) is 30.5 Å². The molecule has 2 heterocycles. The molecule has 1 aliphatic carbocycles. The minimum absolute atomic E-state index is 0.0685. The summed E-state index contributed by atoms with van der Waals surface area (Å²) in [5.41, 5.74) is 2.10. The van der Waals surface area contributed by atoms with E-state index in [0.717, 1.165) is 29.4 Å². The molecule has 5 rings (SSSR count).